The van der Waals surface area contributed by atoms with Gasteiger partial charge < -0.3 is 45.6 Å². The minimum absolute atomic E-state index is 0.00847. The molecular weight excluding hydrogens is 642 g/mol. The number of benzene rings is 1. The van der Waals surface area contributed by atoms with Crippen LogP contribution in [0.15, 0.2) is 46.1 Å². The summed E-state index contributed by atoms with van der Waals surface area (Å²) < 4.78 is 20.5. The van der Waals surface area contributed by atoms with Gasteiger partial charge in [0.25, 0.3) is 5.56 Å². The molecule has 0 radical (unpaired) electrons. The number of aliphatic carboxylic acids is 1. The summed E-state index contributed by atoms with van der Waals surface area (Å²) in [5.74, 6) is -1.23. The van der Waals surface area contributed by atoms with Crippen LogP contribution in [0.5, 0.6) is 5.75 Å². The molecule has 16 heteroatoms. The first-order valence-electron chi connectivity index (χ1n) is 16.0. The molecule has 0 spiro atoms. The molecule has 1 aromatic heterocycles. The number of carbonyl (C=O) groups is 2. The van der Waals surface area contributed by atoms with Gasteiger partial charge in [0.15, 0.2) is 14.5 Å². The van der Waals surface area contributed by atoms with Crippen LogP contribution in [0.1, 0.15) is 52.3 Å². The lowest BCUT2D eigenvalue weighted by Crippen LogP contribution is -2.52. The standard InChI is InChI=1S/C32H51N5O10Si/c1-19(38)25(33)28(41)35-15-8-14-34-26(30(42)43)27(40)22-17-23(47-48(6,7)32(2,3)4)29(46-22)36-16-13-24(39)37(31(36)44)18-20-9-11-21(45-5)12-10-20/h9-13,16,19,22-23,25-27,29,34,38,40H,8,14-15,17-18,33H2,1-7H3,(H,35,41)(H,42,43)/t19-,22?,23+,25-,26-,27-,29+/m0/s1. The van der Waals surface area contributed by atoms with E-state index in [1.807, 2.05) is 13.1 Å². The predicted molar refractivity (Wildman–Crippen MR) is 180 cm³/mol. The number of amides is 1. The highest BCUT2D eigenvalue weighted by Gasteiger charge is 2.49. The average molecular weight is 694 g/mol. The number of nitrogens with two attached hydrogens (primary N) is 1. The number of nitrogens with zero attached hydrogens (tertiary/aromatic N) is 2. The van der Waals surface area contributed by atoms with Crippen molar-refractivity contribution in [2.24, 2.45) is 5.73 Å². The predicted octanol–water partition coefficient (Wildman–Crippen LogP) is 0.363. The largest absolute Gasteiger partial charge is 0.497 e. The first-order valence-corrected chi connectivity index (χ1v) is 18.9. The van der Waals surface area contributed by atoms with Crippen LogP contribution in [-0.4, -0.2) is 101 Å². The Kier molecular flexibility index (Phi) is 13.3. The van der Waals surface area contributed by atoms with Crippen molar-refractivity contribution in [3.8, 4) is 5.75 Å². The number of aromatic nitrogens is 2. The van der Waals surface area contributed by atoms with Gasteiger partial charge in [-0.15, -0.1) is 0 Å². The van der Waals surface area contributed by atoms with E-state index in [9.17, 15) is 34.5 Å². The molecule has 1 aromatic carbocycles. The van der Waals surface area contributed by atoms with E-state index in [1.165, 1.54) is 23.8 Å². The molecule has 268 valence electrons. The maximum Gasteiger partial charge on any atom is 0.333 e. The normalized spacial score (nSPS) is 20.9. The Morgan fingerprint density at radius 3 is 2.33 bits per heavy atom. The lowest BCUT2D eigenvalue weighted by atomic mass is 10.0. The van der Waals surface area contributed by atoms with Crippen LogP contribution < -0.4 is 32.4 Å². The van der Waals surface area contributed by atoms with Crippen molar-refractivity contribution >= 4 is 20.2 Å². The monoisotopic (exact) mass is 693 g/mol. The summed E-state index contributed by atoms with van der Waals surface area (Å²) in [5.41, 5.74) is 5.16. The van der Waals surface area contributed by atoms with Gasteiger partial charge in [0.05, 0.1) is 32.0 Å². The number of carbonyl (C=O) groups excluding carboxylic acids is 1. The summed E-state index contributed by atoms with van der Waals surface area (Å²) in [6, 6.07) is 5.69. The van der Waals surface area contributed by atoms with Gasteiger partial charge in [-0.3, -0.25) is 23.5 Å². The molecule has 7 N–H and O–H groups in total. The Balaban J connectivity index is 1.85. The molecule has 1 saturated heterocycles. The van der Waals surface area contributed by atoms with E-state index in [0.717, 1.165) is 4.57 Å². The van der Waals surface area contributed by atoms with Crippen LogP contribution >= 0.6 is 0 Å². The van der Waals surface area contributed by atoms with E-state index < -0.39 is 74.2 Å². The highest BCUT2D eigenvalue weighted by Crippen LogP contribution is 2.42. The topological polar surface area (TPSA) is 217 Å². The number of aliphatic hydroxyl groups excluding tert-OH is 2. The Morgan fingerprint density at radius 1 is 1.12 bits per heavy atom. The molecule has 3 rings (SSSR count). The van der Waals surface area contributed by atoms with Crippen LogP contribution in [0.2, 0.25) is 18.1 Å². The fourth-order valence-corrected chi connectivity index (χ4v) is 6.36. The molecule has 1 unspecified atom stereocenters. The Labute approximate surface area is 281 Å². The molecule has 2 aromatic rings. The smallest absolute Gasteiger partial charge is 0.333 e. The van der Waals surface area contributed by atoms with Crippen molar-refractivity contribution in [1.29, 1.82) is 0 Å². The van der Waals surface area contributed by atoms with Gasteiger partial charge in [0, 0.05) is 25.2 Å². The van der Waals surface area contributed by atoms with Crippen LogP contribution in [-0.2, 0) is 25.3 Å². The number of hydrogen-bond acceptors (Lipinski definition) is 11. The molecular formula is C32H51N5O10Si. The number of rotatable bonds is 16. The van der Waals surface area contributed by atoms with Gasteiger partial charge in [0.1, 0.15) is 23.9 Å². The van der Waals surface area contributed by atoms with E-state index in [2.05, 4.69) is 31.4 Å². The Bertz CT molecular complexity index is 1500. The van der Waals surface area contributed by atoms with E-state index in [0.29, 0.717) is 17.7 Å². The van der Waals surface area contributed by atoms with Crippen molar-refractivity contribution in [1.82, 2.24) is 19.8 Å². The minimum Gasteiger partial charge on any atom is -0.497 e. The zero-order chi connectivity index (χ0) is 36.0. The number of carboxylic acid groups (broad SMARTS) is 1. The molecule has 15 nitrogen and oxygen atoms in total. The van der Waals surface area contributed by atoms with Crippen LogP contribution in [0.25, 0.3) is 0 Å². The van der Waals surface area contributed by atoms with E-state index in [4.69, 9.17) is 19.6 Å². The minimum atomic E-state index is -2.47. The molecule has 2 heterocycles. The third-order valence-electron chi connectivity index (χ3n) is 9.05. The third kappa shape index (κ3) is 9.61. The van der Waals surface area contributed by atoms with Gasteiger partial charge in [0.2, 0.25) is 5.91 Å². The highest BCUT2D eigenvalue weighted by molar-refractivity contribution is 6.74. The summed E-state index contributed by atoms with van der Waals surface area (Å²) in [7, 11) is -0.933. The maximum absolute atomic E-state index is 13.8. The van der Waals surface area contributed by atoms with Crippen molar-refractivity contribution in [3.63, 3.8) is 0 Å². The Hall–Kier alpha value is -3.38. The fraction of sp³-hybridized carbons (Fsp3) is 0.625. The van der Waals surface area contributed by atoms with Crippen LogP contribution in [0.3, 0.4) is 0 Å². The molecule has 1 aliphatic heterocycles. The number of carboxylic acids is 1. The van der Waals surface area contributed by atoms with Crippen molar-refractivity contribution in [3.05, 3.63) is 62.9 Å². The molecule has 0 saturated carbocycles. The summed E-state index contributed by atoms with van der Waals surface area (Å²) >= 11 is 0. The van der Waals surface area contributed by atoms with Crippen molar-refractivity contribution < 1.29 is 38.8 Å². The van der Waals surface area contributed by atoms with Gasteiger partial charge >= 0.3 is 11.7 Å². The summed E-state index contributed by atoms with van der Waals surface area (Å²) in [6.07, 6.45) is -3.68. The fourth-order valence-electron chi connectivity index (χ4n) is 5.04. The van der Waals surface area contributed by atoms with E-state index in [1.54, 1.807) is 31.4 Å². The SMILES string of the molecule is COc1ccc(Cn2c(=O)ccn([C@@H]3OC([C@H](O)[C@H](NCCCNC(=O)[C@@H](N)[C@H](C)O)C(=O)O)C[C@H]3O[Si](C)(C)C(C)(C)C)c2=O)cc1. The van der Waals surface area contributed by atoms with E-state index in [-0.39, 0.29) is 31.1 Å². The third-order valence-corrected chi connectivity index (χ3v) is 13.6. The zero-order valence-corrected chi connectivity index (χ0v) is 29.7. The number of methoxy groups -OCH3 is 1. The second kappa shape index (κ2) is 16.3. The van der Waals surface area contributed by atoms with Gasteiger partial charge in [-0.25, -0.2) is 4.79 Å². The highest BCUT2D eigenvalue weighted by atomic mass is 28.4. The van der Waals surface area contributed by atoms with Gasteiger partial charge in [-0.05, 0) is 55.7 Å². The van der Waals surface area contributed by atoms with Crippen molar-refractivity contribution in [2.75, 3.05) is 20.2 Å². The molecule has 7 atom stereocenters. The van der Waals surface area contributed by atoms with E-state index >= 15 is 0 Å². The molecule has 1 amide bonds. The summed E-state index contributed by atoms with van der Waals surface area (Å²) in [5, 5.41) is 36.0. The lowest BCUT2D eigenvalue weighted by molar-refractivity contribution is -0.147. The molecule has 1 fully saturated rings. The van der Waals surface area contributed by atoms with Gasteiger partial charge in [-0.2, -0.15) is 0 Å². The van der Waals surface area contributed by atoms with Gasteiger partial charge in [-0.1, -0.05) is 32.9 Å². The number of ether oxygens (including phenoxy) is 2. The quantitative estimate of drug-likeness (QED) is 0.104. The summed E-state index contributed by atoms with van der Waals surface area (Å²) in [4.78, 5) is 50.9. The number of nitrogens with one attached hydrogen (secondary N) is 2. The Morgan fingerprint density at radius 2 is 1.77 bits per heavy atom. The first kappa shape index (κ1) is 39.1. The second-order valence-electron chi connectivity index (χ2n) is 13.7. The summed E-state index contributed by atoms with van der Waals surface area (Å²) in [6.45, 7) is 11.9. The zero-order valence-electron chi connectivity index (χ0n) is 28.7. The molecule has 1 aliphatic rings. The second-order valence-corrected chi connectivity index (χ2v) is 18.4. The number of hydrogen-bond donors (Lipinski definition) is 6. The average Bonchev–Trinajstić information content (AvgIpc) is 3.42. The molecule has 0 aliphatic carbocycles. The van der Waals surface area contributed by atoms with Crippen LogP contribution in [0, 0.1) is 0 Å². The molecule has 0 bridgehead atoms. The maximum atomic E-state index is 13.8. The lowest BCUT2D eigenvalue weighted by Gasteiger charge is -2.39. The number of aliphatic hydroxyl groups is 2. The van der Waals surface area contributed by atoms with Crippen molar-refractivity contribution in [2.45, 2.75) is 108 Å². The first-order chi connectivity index (χ1) is 22.4. The molecule has 48 heavy (non-hydrogen) atoms. The van der Waals surface area contributed by atoms with Crippen LogP contribution in [0.4, 0.5) is 0 Å².